The first-order chi connectivity index (χ1) is 12.8. The molecule has 5 heteroatoms. The summed E-state index contributed by atoms with van der Waals surface area (Å²) in [4.78, 5) is 13.6. The zero-order chi connectivity index (χ0) is 18.2. The van der Waals surface area contributed by atoms with Crippen LogP contribution in [-0.4, -0.2) is 19.1 Å². The highest BCUT2D eigenvalue weighted by molar-refractivity contribution is 7.10. The van der Waals surface area contributed by atoms with Gasteiger partial charge < -0.3 is 14.8 Å². The minimum Gasteiger partial charge on any atom is -0.490 e. The molecule has 0 saturated carbocycles. The fraction of sp³-hybridized carbons (Fsp3) is 0.190. The van der Waals surface area contributed by atoms with Crippen LogP contribution in [0.5, 0.6) is 11.5 Å². The number of nitrogens with one attached hydrogen (secondary N) is 1. The summed E-state index contributed by atoms with van der Waals surface area (Å²) in [6.45, 7) is 2.38. The molecule has 0 saturated heterocycles. The van der Waals surface area contributed by atoms with Gasteiger partial charge in [-0.2, -0.15) is 0 Å². The SMILES string of the molecule is CCOc1ccccc1OCC(=O)N[C@H](c1ccccc1)c1cccs1. The van der Waals surface area contributed by atoms with E-state index < -0.39 is 0 Å². The molecule has 134 valence electrons. The molecule has 3 rings (SSSR count). The van der Waals surface area contributed by atoms with E-state index in [1.807, 2.05) is 73.0 Å². The number of carbonyl (C=O) groups is 1. The van der Waals surface area contributed by atoms with Crippen LogP contribution >= 0.6 is 11.3 Å². The van der Waals surface area contributed by atoms with E-state index >= 15 is 0 Å². The van der Waals surface area contributed by atoms with Crippen LogP contribution in [0, 0.1) is 0 Å². The number of benzene rings is 2. The summed E-state index contributed by atoms with van der Waals surface area (Å²) in [5, 5.41) is 5.07. The van der Waals surface area contributed by atoms with Gasteiger partial charge in [-0.1, -0.05) is 48.5 Å². The monoisotopic (exact) mass is 367 g/mol. The molecule has 0 unspecified atom stereocenters. The van der Waals surface area contributed by atoms with Crippen molar-refractivity contribution in [3.05, 3.63) is 82.6 Å². The van der Waals surface area contributed by atoms with Gasteiger partial charge in [0.1, 0.15) is 0 Å². The van der Waals surface area contributed by atoms with E-state index in [2.05, 4.69) is 5.32 Å². The van der Waals surface area contributed by atoms with Crippen LogP contribution in [0.1, 0.15) is 23.4 Å². The molecule has 0 spiro atoms. The maximum Gasteiger partial charge on any atom is 0.258 e. The number of thiophene rings is 1. The Hall–Kier alpha value is -2.79. The van der Waals surface area contributed by atoms with E-state index in [1.165, 1.54) is 0 Å². The molecular formula is C21H21NO3S. The van der Waals surface area contributed by atoms with Crippen molar-refractivity contribution < 1.29 is 14.3 Å². The number of hydrogen-bond donors (Lipinski definition) is 1. The molecule has 26 heavy (non-hydrogen) atoms. The largest absolute Gasteiger partial charge is 0.490 e. The fourth-order valence-electron chi connectivity index (χ4n) is 2.61. The first-order valence-corrected chi connectivity index (χ1v) is 9.38. The zero-order valence-corrected chi connectivity index (χ0v) is 15.4. The Morgan fingerprint density at radius 3 is 2.31 bits per heavy atom. The molecule has 1 amide bonds. The highest BCUT2D eigenvalue weighted by atomic mass is 32.1. The Balaban J connectivity index is 1.67. The second-order valence-corrected chi connectivity index (χ2v) is 6.57. The van der Waals surface area contributed by atoms with E-state index in [0.29, 0.717) is 18.1 Å². The van der Waals surface area contributed by atoms with Gasteiger partial charge in [-0.25, -0.2) is 0 Å². The number of rotatable bonds is 8. The molecule has 1 heterocycles. The van der Waals surface area contributed by atoms with Crippen molar-refractivity contribution in [3.8, 4) is 11.5 Å². The van der Waals surface area contributed by atoms with Gasteiger partial charge in [0.25, 0.3) is 5.91 Å². The van der Waals surface area contributed by atoms with Crippen LogP contribution in [0.25, 0.3) is 0 Å². The van der Waals surface area contributed by atoms with Crippen LogP contribution < -0.4 is 14.8 Å². The van der Waals surface area contributed by atoms with Gasteiger partial charge in [0.15, 0.2) is 18.1 Å². The van der Waals surface area contributed by atoms with Crippen LogP contribution in [0.3, 0.4) is 0 Å². The lowest BCUT2D eigenvalue weighted by molar-refractivity contribution is -0.123. The van der Waals surface area contributed by atoms with Gasteiger partial charge in [-0.15, -0.1) is 11.3 Å². The number of para-hydroxylation sites is 2. The van der Waals surface area contributed by atoms with Crippen molar-refractivity contribution in [1.29, 1.82) is 0 Å². The van der Waals surface area contributed by atoms with Gasteiger partial charge in [0.2, 0.25) is 0 Å². The van der Waals surface area contributed by atoms with Crippen LogP contribution in [-0.2, 0) is 4.79 Å². The highest BCUT2D eigenvalue weighted by Gasteiger charge is 2.18. The number of ether oxygens (including phenoxy) is 2. The first-order valence-electron chi connectivity index (χ1n) is 8.50. The molecule has 1 aromatic heterocycles. The van der Waals surface area contributed by atoms with E-state index in [1.54, 1.807) is 17.4 Å². The van der Waals surface area contributed by atoms with Gasteiger partial charge in [-0.05, 0) is 36.1 Å². The normalized spacial score (nSPS) is 11.6. The third-order valence-corrected chi connectivity index (χ3v) is 4.71. The molecule has 4 nitrogen and oxygen atoms in total. The number of hydrogen-bond acceptors (Lipinski definition) is 4. The molecule has 0 aliphatic carbocycles. The smallest absolute Gasteiger partial charge is 0.258 e. The lowest BCUT2D eigenvalue weighted by atomic mass is 10.1. The maximum atomic E-state index is 12.5. The number of amides is 1. The minimum atomic E-state index is -0.186. The van der Waals surface area contributed by atoms with Gasteiger partial charge in [-0.3, -0.25) is 4.79 Å². The molecule has 1 atom stereocenters. The lowest BCUT2D eigenvalue weighted by Crippen LogP contribution is -2.32. The summed E-state index contributed by atoms with van der Waals surface area (Å²) in [6.07, 6.45) is 0. The number of carbonyl (C=O) groups excluding carboxylic acids is 1. The molecule has 0 aliphatic rings. The Bertz CT molecular complexity index is 818. The van der Waals surface area contributed by atoms with Crippen molar-refractivity contribution in [2.24, 2.45) is 0 Å². The average molecular weight is 367 g/mol. The molecule has 1 N–H and O–H groups in total. The van der Waals surface area contributed by atoms with E-state index in [0.717, 1.165) is 10.4 Å². The molecular weight excluding hydrogens is 346 g/mol. The average Bonchev–Trinajstić information content (AvgIpc) is 3.21. The standard InChI is InChI=1S/C21H21NO3S/c1-2-24-17-11-6-7-12-18(17)25-15-20(23)22-21(19-13-8-14-26-19)16-9-4-3-5-10-16/h3-14,21H,2,15H2,1H3,(H,22,23)/t21-/m1/s1. The summed E-state index contributed by atoms with van der Waals surface area (Å²) in [5.74, 6) is 1.02. The van der Waals surface area contributed by atoms with E-state index in [-0.39, 0.29) is 18.6 Å². The van der Waals surface area contributed by atoms with Crippen molar-refractivity contribution in [2.75, 3.05) is 13.2 Å². The lowest BCUT2D eigenvalue weighted by Gasteiger charge is -2.18. The summed E-state index contributed by atoms with van der Waals surface area (Å²) >= 11 is 1.62. The predicted octanol–water partition coefficient (Wildman–Crippen LogP) is 4.43. The molecule has 3 aromatic rings. The quantitative estimate of drug-likeness (QED) is 0.641. The maximum absolute atomic E-state index is 12.5. The Labute approximate surface area is 157 Å². The molecule has 0 fully saturated rings. The minimum absolute atomic E-state index is 0.0706. The summed E-state index contributed by atoms with van der Waals surface area (Å²) in [7, 11) is 0. The van der Waals surface area contributed by atoms with E-state index in [4.69, 9.17) is 9.47 Å². The predicted molar refractivity (Wildman–Crippen MR) is 104 cm³/mol. The molecule has 0 aliphatic heterocycles. The first kappa shape index (κ1) is 18.0. The second kappa shape index (κ2) is 9.06. The van der Waals surface area contributed by atoms with Crippen LogP contribution in [0.15, 0.2) is 72.1 Å². The Morgan fingerprint density at radius 2 is 1.65 bits per heavy atom. The third kappa shape index (κ3) is 4.64. The van der Waals surface area contributed by atoms with Crippen LogP contribution in [0.4, 0.5) is 0 Å². The van der Waals surface area contributed by atoms with Crippen molar-refractivity contribution in [1.82, 2.24) is 5.32 Å². The summed E-state index contributed by atoms with van der Waals surface area (Å²) in [6, 6.07) is 21.1. The summed E-state index contributed by atoms with van der Waals surface area (Å²) < 4.78 is 11.2. The molecule has 0 bridgehead atoms. The topological polar surface area (TPSA) is 47.6 Å². The van der Waals surface area contributed by atoms with Gasteiger partial charge >= 0.3 is 0 Å². The van der Waals surface area contributed by atoms with Crippen molar-refractivity contribution in [3.63, 3.8) is 0 Å². The van der Waals surface area contributed by atoms with Crippen molar-refractivity contribution >= 4 is 17.2 Å². The Kier molecular flexibility index (Phi) is 6.28. The third-order valence-electron chi connectivity index (χ3n) is 3.77. The van der Waals surface area contributed by atoms with Gasteiger partial charge in [0, 0.05) is 4.88 Å². The second-order valence-electron chi connectivity index (χ2n) is 5.60. The Morgan fingerprint density at radius 1 is 0.962 bits per heavy atom. The van der Waals surface area contributed by atoms with Crippen molar-refractivity contribution in [2.45, 2.75) is 13.0 Å². The highest BCUT2D eigenvalue weighted by Crippen LogP contribution is 2.27. The van der Waals surface area contributed by atoms with E-state index in [9.17, 15) is 4.79 Å². The van der Waals surface area contributed by atoms with Gasteiger partial charge in [0.05, 0.1) is 12.6 Å². The zero-order valence-electron chi connectivity index (χ0n) is 14.6. The fourth-order valence-corrected chi connectivity index (χ4v) is 3.41. The molecule has 2 aromatic carbocycles. The summed E-state index contributed by atoms with van der Waals surface area (Å²) in [5.41, 5.74) is 1.04. The molecule has 0 radical (unpaired) electrons. The van der Waals surface area contributed by atoms with Crippen LogP contribution in [0.2, 0.25) is 0 Å².